The first kappa shape index (κ1) is 15.1. The molecular formula is C16H24O4. The molecule has 0 fully saturated rings. The summed E-state index contributed by atoms with van der Waals surface area (Å²) in [7, 11) is 3.31. The molecule has 0 amide bonds. The van der Waals surface area contributed by atoms with Crippen LogP contribution in [0.3, 0.4) is 0 Å². The number of fused-ring (bicyclic) bond motifs is 1. The molecule has 4 heteroatoms. The number of aliphatic hydroxyl groups excluding tert-OH is 1. The third-order valence-electron chi connectivity index (χ3n) is 3.91. The van der Waals surface area contributed by atoms with E-state index < -0.39 is 11.7 Å². The van der Waals surface area contributed by atoms with Crippen LogP contribution in [0.25, 0.3) is 0 Å². The fourth-order valence-electron chi connectivity index (χ4n) is 2.91. The highest BCUT2D eigenvalue weighted by molar-refractivity contribution is 5.44. The first-order valence-electron chi connectivity index (χ1n) is 6.89. The van der Waals surface area contributed by atoms with Crippen molar-refractivity contribution < 1.29 is 19.3 Å². The molecule has 2 unspecified atom stereocenters. The normalized spacial score (nSPS) is 25.8. The maximum atomic E-state index is 10.4. The van der Waals surface area contributed by atoms with Crippen molar-refractivity contribution in [1.29, 1.82) is 0 Å². The van der Waals surface area contributed by atoms with Crippen LogP contribution in [0.5, 0.6) is 11.5 Å². The Balaban J connectivity index is 2.29. The van der Waals surface area contributed by atoms with Crippen LogP contribution in [0.1, 0.15) is 45.3 Å². The predicted molar refractivity (Wildman–Crippen MR) is 77.3 cm³/mol. The molecule has 1 N–H and O–H groups in total. The second-order valence-corrected chi connectivity index (χ2v) is 6.32. The topological polar surface area (TPSA) is 47.9 Å². The largest absolute Gasteiger partial charge is 0.497 e. The van der Waals surface area contributed by atoms with Crippen molar-refractivity contribution >= 4 is 0 Å². The maximum absolute atomic E-state index is 10.4. The van der Waals surface area contributed by atoms with E-state index in [4.69, 9.17) is 14.2 Å². The summed E-state index contributed by atoms with van der Waals surface area (Å²) in [5.74, 6) is 1.42. The minimum atomic E-state index is -0.526. The molecule has 1 heterocycles. The summed E-state index contributed by atoms with van der Waals surface area (Å²) < 4.78 is 16.9. The Bertz CT molecular complexity index is 483. The van der Waals surface area contributed by atoms with Gasteiger partial charge >= 0.3 is 0 Å². The van der Waals surface area contributed by atoms with E-state index in [2.05, 4.69) is 0 Å². The van der Waals surface area contributed by atoms with Crippen molar-refractivity contribution in [2.45, 2.75) is 50.9 Å². The Morgan fingerprint density at radius 2 is 2.10 bits per heavy atom. The van der Waals surface area contributed by atoms with Gasteiger partial charge in [0.15, 0.2) is 0 Å². The van der Waals surface area contributed by atoms with Gasteiger partial charge in [0.05, 0.1) is 18.8 Å². The van der Waals surface area contributed by atoms with Gasteiger partial charge in [-0.3, -0.25) is 0 Å². The quantitative estimate of drug-likeness (QED) is 0.920. The number of ether oxygens (including phenoxy) is 3. The smallest absolute Gasteiger partial charge is 0.129 e. The Kier molecular flexibility index (Phi) is 3.98. The Hall–Kier alpha value is -1.26. The molecule has 0 saturated carbocycles. The lowest BCUT2D eigenvalue weighted by atomic mass is 9.82. The van der Waals surface area contributed by atoms with E-state index in [1.807, 2.05) is 39.0 Å². The molecule has 1 aliphatic rings. The summed E-state index contributed by atoms with van der Waals surface area (Å²) in [4.78, 5) is 0. The van der Waals surface area contributed by atoms with E-state index in [0.717, 1.165) is 11.3 Å². The molecule has 20 heavy (non-hydrogen) atoms. The lowest BCUT2D eigenvalue weighted by Gasteiger charge is -2.42. The minimum Gasteiger partial charge on any atom is -0.497 e. The van der Waals surface area contributed by atoms with Gasteiger partial charge in [0.1, 0.15) is 17.1 Å². The molecule has 1 aliphatic heterocycles. The van der Waals surface area contributed by atoms with Crippen molar-refractivity contribution in [1.82, 2.24) is 0 Å². The third-order valence-corrected chi connectivity index (χ3v) is 3.91. The van der Waals surface area contributed by atoms with Crippen molar-refractivity contribution in [3.63, 3.8) is 0 Å². The van der Waals surface area contributed by atoms with E-state index in [-0.39, 0.29) is 5.60 Å². The standard InChI is InChI=1S/C16H24O4/c1-15(2,19-5)10-16(3)9-13(17)12-7-6-11(18-4)8-14(12)20-16/h6-8,13,17H,9-10H2,1-5H3. The molecule has 2 rings (SSSR count). The maximum Gasteiger partial charge on any atom is 0.129 e. The fraction of sp³-hybridized carbons (Fsp3) is 0.625. The molecule has 0 saturated heterocycles. The van der Waals surface area contributed by atoms with Crippen LogP contribution in [-0.2, 0) is 4.74 Å². The van der Waals surface area contributed by atoms with E-state index in [9.17, 15) is 5.11 Å². The zero-order chi connectivity index (χ0) is 15.0. The summed E-state index contributed by atoms with van der Waals surface area (Å²) in [5.41, 5.74) is 0.0573. The average molecular weight is 280 g/mol. The number of hydrogen-bond acceptors (Lipinski definition) is 4. The summed E-state index contributed by atoms with van der Waals surface area (Å²) >= 11 is 0. The van der Waals surface area contributed by atoms with Crippen LogP contribution in [0.4, 0.5) is 0 Å². The fourth-order valence-corrected chi connectivity index (χ4v) is 2.91. The van der Waals surface area contributed by atoms with Crippen LogP contribution in [0.2, 0.25) is 0 Å². The van der Waals surface area contributed by atoms with Crippen LogP contribution in [0.15, 0.2) is 18.2 Å². The molecule has 0 aliphatic carbocycles. The highest BCUT2D eigenvalue weighted by Gasteiger charge is 2.41. The second-order valence-electron chi connectivity index (χ2n) is 6.32. The Labute approximate surface area is 120 Å². The molecule has 4 nitrogen and oxygen atoms in total. The number of methoxy groups -OCH3 is 2. The average Bonchev–Trinajstić information content (AvgIpc) is 2.36. The summed E-state index contributed by atoms with van der Waals surface area (Å²) in [6, 6.07) is 5.53. The molecule has 0 bridgehead atoms. The van der Waals surface area contributed by atoms with Crippen molar-refractivity contribution in [3.8, 4) is 11.5 Å². The van der Waals surface area contributed by atoms with Gasteiger partial charge in [0.2, 0.25) is 0 Å². The first-order chi connectivity index (χ1) is 9.28. The molecule has 0 aromatic heterocycles. The summed E-state index contributed by atoms with van der Waals surface area (Å²) in [6.07, 6.45) is 0.728. The van der Waals surface area contributed by atoms with E-state index in [0.29, 0.717) is 18.6 Å². The lowest BCUT2D eigenvalue weighted by molar-refractivity contribution is -0.0747. The van der Waals surface area contributed by atoms with Gasteiger partial charge in [-0.05, 0) is 32.9 Å². The predicted octanol–water partition coefficient (Wildman–Crippen LogP) is 3.08. The number of hydrogen-bond donors (Lipinski definition) is 1. The third kappa shape index (κ3) is 3.07. The van der Waals surface area contributed by atoms with E-state index >= 15 is 0 Å². The van der Waals surface area contributed by atoms with Crippen LogP contribution < -0.4 is 9.47 Å². The minimum absolute atomic E-state index is 0.301. The van der Waals surface area contributed by atoms with Gasteiger partial charge in [0, 0.05) is 31.6 Å². The van der Waals surface area contributed by atoms with Gasteiger partial charge < -0.3 is 19.3 Å². The highest BCUT2D eigenvalue weighted by Crippen LogP contribution is 2.44. The lowest BCUT2D eigenvalue weighted by Crippen LogP contribution is -2.44. The van der Waals surface area contributed by atoms with Crippen molar-refractivity contribution in [2.75, 3.05) is 14.2 Å². The van der Waals surface area contributed by atoms with E-state index in [1.54, 1.807) is 14.2 Å². The molecular weight excluding hydrogens is 256 g/mol. The monoisotopic (exact) mass is 280 g/mol. The molecule has 2 atom stereocenters. The Morgan fingerprint density at radius 3 is 2.70 bits per heavy atom. The molecule has 112 valence electrons. The number of aliphatic hydroxyl groups is 1. The molecule has 0 radical (unpaired) electrons. The van der Waals surface area contributed by atoms with Crippen LogP contribution >= 0.6 is 0 Å². The highest BCUT2D eigenvalue weighted by atomic mass is 16.5. The van der Waals surface area contributed by atoms with Crippen LogP contribution in [0, 0.1) is 0 Å². The van der Waals surface area contributed by atoms with Gasteiger partial charge in [-0.2, -0.15) is 0 Å². The molecule has 1 aromatic rings. The molecule has 1 aromatic carbocycles. The second kappa shape index (κ2) is 5.26. The molecule has 0 spiro atoms. The zero-order valence-corrected chi connectivity index (χ0v) is 12.9. The summed E-state index contributed by atoms with van der Waals surface area (Å²) in [5, 5.41) is 10.4. The zero-order valence-electron chi connectivity index (χ0n) is 12.9. The van der Waals surface area contributed by atoms with Gasteiger partial charge in [-0.15, -0.1) is 0 Å². The number of rotatable bonds is 4. The van der Waals surface area contributed by atoms with E-state index in [1.165, 1.54) is 0 Å². The van der Waals surface area contributed by atoms with Gasteiger partial charge in [0.25, 0.3) is 0 Å². The first-order valence-corrected chi connectivity index (χ1v) is 6.89. The number of benzene rings is 1. The summed E-state index contributed by atoms with van der Waals surface area (Å²) in [6.45, 7) is 6.06. The van der Waals surface area contributed by atoms with Gasteiger partial charge in [-0.1, -0.05) is 0 Å². The van der Waals surface area contributed by atoms with Gasteiger partial charge in [-0.25, -0.2) is 0 Å². The van der Waals surface area contributed by atoms with Crippen molar-refractivity contribution in [2.24, 2.45) is 0 Å². The van der Waals surface area contributed by atoms with Crippen molar-refractivity contribution in [3.05, 3.63) is 23.8 Å². The Morgan fingerprint density at radius 1 is 1.40 bits per heavy atom. The van der Waals surface area contributed by atoms with Crippen LogP contribution in [-0.4, -0.2) is 30.5 Å². The SMILES string of the molecule is COc1ccc2c(c1)OC(C)(CC(C)(C)OC)CC2O.